The maximum atomic E-state index is 12.9. The Balaban J connectivity index is 1.69. The Hall–Kier alpha value is -2.89. The molecular formula is C18H15FO5. The number of hydrogen-bond acceptors (Lipinski definition) is 5. The lowest BCUT2D eigenvalue weighted by Gasteiger charge is -2.20. The van der Waals surface area contributed by atoms with Crippen LogP contribution in [0.2, 0.25) is 0 Å². The molecule has 0 saturated heterocycles. The molecule has 5 nitrogen and oxygen atoms in total. The van der Waals surface area contributed by atoms with E-state index in [9.17, 15) is 19.1 Å². The number of ether oxygens (including phenoxy) is 2. The Morgan fingerprint density at radius 3 is 2.38 bits per heavy atom. The standard InChI is InChI=1S/C18H15FO5/c19-12-3-1-11(2-4-12)14(20)6-7-15(21)13-5-8-16-18(17(13)22)24-10-9-23-16/h1-5,8,22H,6-7,9-10H2. The van der Waals surface area contributed by atoms with E-state index in [-0.39, 0.29) is 41.5 Å². The van der Waals surface area contributed by atoms with Crippen LogP contribution in [0, 0.1) is 5.82 Å². The van der Waals surface area contributed by atoms with Crippen molar-refractivity contribution in [1.29, 1.82) is 0 Å². The van der Waals surface area contributed by atoms with Crippen molar-refractivity contribution in [2.45, 2.75) is 12.8 Å². The van der Waals surface area contributed by atoms with Crippen molar-refractivity contribution >= 4 is 11.6 Å². The van der Waals surface area contributed by atoms with Crippen LogP contribution in [0.3, 0.4) is 0 Å². The maximum absolute atomic E-state index is 12.9. The molecular weight excluding hydrogens is 315 g/mol. The second kappa shape index (κ2) is 6.70. The minimum atomic E-state index is -0.427. The van der Waals surface area contributed by atoms with Crippen molar-refractivity contribution < 1.29 is 28.6 Å². The highest BCUT2D eigenvalue weighted by Gasteiger charge is 2.22. The lowest BCUT2D eigenvalue weighted by molar-refractivity contribution is 0.0914. The van der Waals surface area contributed by atoms with Gasteiger partial charge in [-0.25, -0.2) is 4.39 Å². The van der Waals surface area contributed by atoms with E-state index in [4.69, 9.17) is 9.47 Å². The molecule has 0 aliphatic carbocycles. The predicted octanol–water partition coefficient (Wildman–Crippen LogP) is 3.15. The molecule has 0 atom stereocenters. The first-order chi connectivity index (χ1) is 11.6. The van der Waals surface area contributed by atoms with E-state index in [0.29, 0.717) is 24.5 Å². The van der Waals surface area contributed by atoms with E-state index in [0.717, 1.165) is 0 Å². The Morgan fingerprint density at radius 1 is 0.958 bits per heavy atom. The first-order valence-corrected chi connectivity index (χ1v) is 7.50. The molecule has 0 spiro atoms. The van der Waals surface area contributed by atoms with E-state index < -0.39 is 5.82 Å². The van der Waals surface area contributed by atoms with Crippen LogP contribution in [0.5, 0.6) is 17.2 Å². The van der Waals surface area contributed by atoms with Gasteiger partial charge in [0, 0.05) is 18.4 Å². The average molecular weight is 330 g/mol. The largest absolute Gasteiger partial charge is 0.504 e. The molecule has 2 aromatic rings. The Bertz CT molecular complexity index is 783. The molecule has 0 amide bonds. The fraction of sp³-hybridized carbons (Fsp3) is 0.222. The Labute approximate surface area is 137 Å². The molecule has 1 heterocycles. The molecule has 1 N–H and O–H groups in total. The maximum Gasteiger partial charge on any atom is 0.204 e. The van der Waals surface area contributed by atoms with Crippen LogP contribution in [0.25, 0.3) is 0 Å². The van der Waals surface area contributed by atoms with Crippen molar-refractivity contribution in [3.8, 4) is 17.2 Å². The molecule has 0 saturated carbocycles. The number of phenols is 1. The van der Waals surface area contributed by atoms with Crippen molar-refractivity contribution in [3.05, 3.63) is 53.3 Å². The van der Waals surface area contributed by atoms with Crippen LogP contribution >= 0.6 is 0 Å². The minimum absolute atomic E-state index is 0.0294. The Morgan fingerprint density at radius 2 is 1.62 bits per heavy atom. The van der Waals surface area contributed by atoms with Crippen molar-refractivity contribution in [3.63, 3.8) is 0 Å². The van der Waals surface area contributed by atoms with Crippen molar-refractivity contribution in [2.75, 3.05) is 13.2 Å². The van der Waals surface area contributed by atoms with E-state index in [1.165, 1.54) is 30.3 Å². The second-order valence-electron chi connectivity index (χ2n) is 5.34. The predicted molar refractivity (Wildman–Crippen MR) is 83.4 cm³/mol. The lowest BCUT2D eigenvalue weighted by atomic mass is 10.0. The fourth-order valence-corrected chi connectivity index (χ4v) is 2.47. The average Bonchev–Trinajstić information content (AvgIpc) is 2.60. The molecule has 124 valence electrons. The summed E-state index contributed by atoms with van der Waals surface area (Å²) in [5.74, 6) is -0.801. The number of Topliss-reactive ketones (excluding diaryl/α,β-unsaturated/α-hetero) is 2. The van der Waals surface area contributed by atoms with Crippen LogP contribution in [0.1, 0.15) is 33.6 Å². The van der Waals surface area contributed by atoms with Gasteiger partial charge in [0.2, 0.25) is 5.75 Å². The van der Waals surface area contributed by atoms with Gasteiger partial charge < -0.3 is 14.6 Å². The van der Waals surface area contributed by atoms with Gasteiger partial charge in [0.1, 0.15) is 19.0 Å². The lowest BCUT2D eigenvalue weighted by Crippen LogP contribution is -2.16. The van der Waals surface area contributed by atoms with Gasteiger partial charge in [-0.2, -0.15) is 0 Å². The summed E-state index contributed by atoms with van der Waals surface area (Å²) in [6.07, 6.45) is -0.0955. The summed E-state index contributed by atoms with van der Waals surface area (Å²) in [4.78, 5) is 24.3. The zero-order valence-electron chi connectivity index (χ0n) is 12.8. The summed E-state index contributed by atoms with van der Waals surface area (Å²) in [5.41, 5.74) is 0.432. The van der Waals surface area contributed by atoms with Gasteiger partial charge in [-0.3, -0.25) is 9.59 Å². The fourth-order valence-electron chi connectivity index (χ4n) is 2.47. The quantitative estimate of drug-likeness (QED) is 0.853. The third-order valence-corrected chi connectivity index (χ3v) is 3.73. The topological polar surface area (TPSA) is 72.8 Å². The number of halogens is 1. The third kappa shape index (κ3) is 3.22. The first-order valence-electron chi connectivity index (χ1n) is 7.50. The van der Waals surface area contributed by atoms with Gasteiger partial charge in [-0.15, -0.1) is 0 Å². The number of rotatable bonds is 5. The summed E-state index contributed by atoms with van der Waals surface area (Å²) in [5, 5.41) is 10.2. The van der Waals surface area contributed by atoms with Gasteiger partial charge in [-0.1, -0.05) is 0 Å². The number of phenolic OH excluding ortho intramolecular Hbond substituents is 1. The third-order valence-electron chi connectivity index (χ3n) is 3.73. The molecule has 0 unspecified atom stereocenters. The van der Waals surface area contributed by atoms with Gasteiger partial charge in [0.05, 0.1) is 5.56 Å². The summed E-state index contributed by atoms with van der Waals surface area (Å²) < 4.78 is 23.5. The van der Waals surface area contributed by atoms with Crippen molar-refractivity contribution in [2.24, 2.45) is 0 Å². The Kier molecular flexibility index (Phi) is 4.46. The zero-order chi connectivity index (χ0) is 17.1. The summed E-state index contributed by atoms with van der Waals surface area (Å²) in [6, 6.07) is 8.16. The molecule has 0 bridgehead atoms. The molecule has 24 heavy (non-hydrogen) atoms. The number of benzene rings is 2. The number of fused-ring (bicyclic) bond motifs is 1. The molecule has 1 aliphatic rings. The highest BCUT2D eigenvalue weighted by atomic mass is 19.1. The highest BCUT2D eigenvalue weighted by Crippen LogP contribution is 2.41. The van der Waals surface area contributed by atoms with E-state index >= 15 is 0 Å². The molecule has 6 heteroatoms. The van der Waals surface area contributed by atoms with Crippen LogP contribution < -0.4 is 9.47 Å². The number of carbonyl (C=O) groups is 2. The first kappa shape index (κ1) is 16.0. The monoisotopic (exact) mass is 330 g/mol. The van der Waals surface area contributed by atoms with E-state index in [1.807, 2.05) is 0 Å². The van der Waals surface area contributed by atoms with Crippen LogP contribution in [-0.2, 0) is 0 Å². The molecule has 1 aliphatic heterocycles. The molecule has 0 radical (unpaired) electrons. The van der Waals surface area contributed by atoms with Gasteiger partial charge in [0.25, 0.3) is 0 Å². The van der Waals surface area contributed by atoms with Gasteiger partial charge >= 0.3 is 0 Å². The van der Waals surface area contributed by atoms with E-state index in [2.05, 4.69) is 0 Å². The SMILES string of the molecule is O=C(CCC(=O)c1ccc2c(c1O)OCCO2)c1ccc(F)cc1. The molecule has 0 fully saturated rings. The summed E-state index contributed by atoms with van der Waals surface area (Å²) >= 11 is 0. The number of carbonyl (C=O) groups excluding carboxylic acids is 2. The number of aromatic hydroxyl groups is 1. The minimum Gasteiger partial charge on any atom is -0.504 e. The second-order valence-corrected chi connectivity index (χ2v) is 5.34. The highest BCUT2D eigenvalue weighted by molar-refractivity contribution is 6.04. The normalized spacial score (nSPS) is 12.7. The van der Waals surface area contributed by atoms with E-state index in [1.54, 1.807) is 6.07 Å². The smallest absolute Gasteiger partial charge is 0.204 e. The van der Waals surface area contributed by atoms with Gasteiger partial charge in [-0.05, 0) is 36.4 Å². The zero-order valence-corrected chi connectivity index (χ0v) is 12.8. The van der Waals surface area contributed by atoms with Crippen molar-refractivity contribution in [1.82, 2.24) is 0 Å². The summed E-state index contributed by atoms with van der Waals surface area (Å²) in [7, 11) is 0. The molecule has 2 aromatic carbocycles. The van der Waals surface area contributed by atoms with Crippen LogP contribution in [-0.4, -0.2) is 29.9 Å². The van der Waals surface area contributed by atoms with Crippen LogP contribution in [0.4, 0.5) is 4.39 Å². The van der Waals surface area contributed by atoms with Gasteiger partial charge in [0.15, 0.2) is 23.1 Å². The summed E-state index contributed by atoms with van der Waals surface area (Å²) in [6.45, 7) is 0.674. The van der Waals surface area contributed by atoms with Crippen LogP contribution in [0.15, 0.2) is 36.4 Å². The number of hydrogen-bond donors (Lipinski definition) is 1. The molecule has 0 aromatic heterocycles. The number of ketones is 2. The molecule has 3 rings (SSSR count).